The summed E-state index contributed by atoms with van der Waals surface area (Å²) in [6, 6.07) is 2.61. The Hall–Kier alpha value is -2.11. The van der Waals surface area contributed by atoms with Gasteiger partial charge in [-0.15, -0.1) is 0 Å². The van der Waals surface area contributed by atoms with E-state index in [-0.39, 0.29) is 23.8 Å². The summed E-state index contributed by atoms with van der Waals surface area (Å²) in [4.78, 5) is 34.7. The van der Waals surface area contributed by atoms with Gasteiger partial charge < -0.3 is 15.0 Å². The number of hydrogen-bond acceptors (Lipinski definition) is 3. The predicted molar refractivity (Wildman–Crippen MR) is 88.3 cm³/mol. The number of aryl methyl sites for hydroxylation is 2. The summed E-state index contributed by atoms with van der Waals surface area (Å²) in [5.41, 5.74) is 0.882. The summed E-state index contributed by atoms with van der Waals surface area (Å²) in [5, 5.41) is 11.7. The Morgan fingerprint density at radius 1 is 1.35 bits per heavy atom. The Bertz CT molecular complexity index is 595. The van der Waals surface area contributed by atoms with E-state index in [1.165, 1.54) is 0 Å². The van der Waals surface area contributed by atoms with Crippen LogP contribution in [0.3, 0.4) is 0 Å². The van der Waals surface area contributed by atoms with Crippen LogP contribution >= 0.6 is 0 Å². The predicted octanol–water partition coefficient (Wildman–Crippen LogP) is 1.94. The van der Waals surface area contributed by atoms with Crippen molar-refractivity contribution in [3.63, 3.8) is 0 Å². The van der Waals surface area contributed by atoms with Gasteiger partial charge in [-0.25, -0.2) is 4.79 Å². The highest BCUT2D eigenvalue weighted by Gasteiger charge is 2.24. The zero-order chi connectivity index (χ0) is 17.4. The summed E-state index contributed by atoms with van der Waals surface area (Å²) < 4.78 is 1.62. The van der Waals surface area contributed by atoms with E-state index >= 15 is 0 Å². The van der Waals surface area contributed by atoms with Gasteiger partial charge in [-0.1, -0.05) is 20.3 Å². The van der Waals surface area contributed by atoms with Crippen molar-refractivity contribution in [2.75, 3.05) is 0 Å². The maximum atomic E-state index is 11.9. The molecule has 0 fully saturated rings. The minimum atomic E-state index is -1.00. The molecular formula is C17H26N2O4. The molecule has 0 saturated carbocycles. The molecule has 0 aliphatic heterocycles. The lowest BCUT2D eigenvalue weighted by atomic mass is 9.99. The fourth-order valence-electron chi connectivity index (χ4n) is 2.29. The molecule has 23 heavy (non-hydrogen) atoms. The van der Waals surface area contributed by atoms with E-state index in [1.807, 2.05) is 26.8 Å². The van der Waals surface area contributed by atoms with Crippen molar-refractivity contribution in [1.29, 1.82) is 0 Å². The number of nitrogens with zero attached hydrogens (tertiary/aromatic N) is 1. The number of pyridine rings is 1. The maximum absolute atomic E-state index is 11.9. The summed E-state index contributed by atoms with van der Waals surface area (Å²) in [6.45, 7) is 6.13. The Labute approximate surface area is 136 Å². The smallest absolute Gasteiger partial charge is 0.326 e. The molecule has 0 aromatic carbocycles. The van der Waals surface area contributed by atoms with E-state index in [1.54, 1.807) is 16.8 Å². The molecule has 1 aromatic heterocycles. The molecule has 2 atom stereocenters. The highest BCUT2D eigenvalue weighted by atomic mass is 16.4. The van der Waals surface area contributed by atoms with E-state index in [0.717, 1.165) is 5.56 Å². The maximum Gasteiger partial charge on any atom is 0.326 e. The number of aromatic nitrogens is 1. The van der Waals surface area contributed by atoms with Gasteiger partial charge in [0.1, 0.15) is 6.04 Å². The largest absolute Gasteiger partial charge is 0.480 e. The molecule has 2 unspecified atom stereocenters. The van der Waals surface area contributed by atoms with Crippen LogP contribution in [0.25, 0.3) is 0 Å². The van der Waals surface area contributed by atoms with Crippen LogP contribution in [-0.2, 0) is 16.1 Å². The first-order valence-electron chi connectivity index (χ1n) is 8.04. The van der Waals surface area contributed by atoms with E-state index in [2.05, 4.69) is 5.32 Å². The number of nitrogens with one attached hydrogen (secondary N) is 1. The van der Waals surface area contributed by atoms with Gasteiger partial charge in [0.05, 0.1) is 0 Å². The summed E-state index contributed by atoms with van der Waals surface area (Å²) in [7, 11) is 0. The third-order valence-electron chi connectivity index (χ3n) is 4.00. The van der Waals surface area contributed by atoms with Crippen LogP contribution < -0.4 is 10.9 Å². The van der Waals surface area contributed by atoms with Crippen molar-refractivity contribution >= 4 is 11.9 Å². The minimum absolute atomic E-state index is 0.0443. The van der Waals surface area contributed by atoms with Crippen molar-refractivity contribution in [3.8, 4) is 0 Å². The van der Waals surface area contributed by atoms with Gasteiger partial charge in [0.25, 0.3) is 5.56 Å². The third-order valence-corrected chi connectivity index (χ3v) is 4.00. The van der Waals surface area contributed by atoms with Gasteiger partial charge >= 0.3 is 5.97 Å². The number of hydrogen-bond donors (Lipinski definition) is 2. The molecule has 2 N–H and O–H groups in total. The molecule has 1 amide bonds. The average Bonchev–Trinajstić information content (AvgIpc) is 2.49. The van der Waals surface area contributed by atoms with Gasteiger partial charge in [0.15, 0.2) is 0 Å². The number of unbranched alkanes of at least 4 members (excludes halogenated alkanes) is 1. The third kappa shape index (κ3) is 6.26. The lowest BCUT2D eigenvalue weighted by Crippen LogP contribution is -2.44. The summed E-state index contributed by atoms with van der Waals surface area (Å²) in [5.74, 6) is -1.37. The van der Waals surface area contributed by atoms with Crippen LogP contribution in [0.2, 0.25) is 0 Å². The highest BCUT2D eigenvalue weighted by Crippen LogP contribution is 2.09. The number of rotatable bonds is 9. The van der Waals surface area contributed by atoms with E-state index in [0.29, 0.717) is 25.8 Å². The average molecular weight is 322 g/mol. The Morgan fingerprint density at radius 3 is 2.61 bits per heavy atom. The molecule has 128 valence electrons. The highest BCUT2D eigenvalue weighted by molar-refractivity contribution is 5.83. The standard InChI is InChI=1S/C17H26N2O4/c1-4-13(3)16(17(22)23)18-14(20)7-5-6-9-19-10-8-12(2)11-15(19)21/h8,10-11,13,16H,4-7,9H2,1-3H3,(H,18,20)(H,22,23). The van der Waals surface area contributed by atoms with E-state index in [4.69, 9.17) is 5.11 Å². The second-order valence-electron chi connectivity index (χ2n) is 5.96. The number of aliphatic carboxylic acids is 1. The first-order valence-corrected chi connectivity index (χ1v) is 8.04. The Balaban J connectivity index is 2.38. The van der Waals surface area contributed by atoms with E-state index < -0.39 is 12.0 Å². The molecule has 1 aromatic rings. The molecule has 0 radical (unpaired) electrons. The molecular weight excluding hydrogens is 296 g/mol. The van der Waals surface area contributed by atoms with Crippen molar-refractivity contribution in [3.05, 3.63) is 34.2 Å². The second-order valence-corrected chi connectivity index (χ2v) is 5.96. The topological polar surface area (TPSA) is 88.4 Å². The molecule has 6 heteroatoms. The lowest BCUT2D eigenvalue weighted by molar-refractivity contribution is -0.143. The van der Waals surface area contributed by atoms with Crippen LogP contribution in [0.1, 0.15) is 45.1 Å². The zero-order valence-electron chi connectivity index (χ0n) is 14.0. The lowest BCUT2D eigenvalue weighted by Gasteiger charge is -2.20. The van der Waals surface area contributed by atoms with Crippen molar-refractivity contribution in [2.24, 2.45) is 5.92 Å². The molecule has 0 aliphatic carbocycles. The Kier molecular flexibility index (Phi) is 7.51. The zero-order valence-corrected chi connectivity index (χ0v) is 14.0. The van der Waals surface area contributed by atoms with Crippen LogP contribution in [0.5, 0.6) is 0 Å². The number of amides is 1. The van der Waals surface area contributed by atoms with Crippen molar-refractivity contribution in [1.82, 2.24) is 9.88 Å². The molecule has 0 aliphatic rings. The quantitative estimate of drug-likeness (QED) is 0.680. The summed E-state index contributed by atoms with van der Waals surface area (Å²) in [6.07, 6.45) is 4.01. The van der Waals surface area contributed by atoms with Gasteiger partial charge in [0, 0.05) is 25.2 Å². The molecule has 1 heterocycles. The number of carboxylic acid groups (broad SMARTS) is 1. The van der Waals surface area contributed by atoms with Crippen molar-refractivity contribution < 1.29 is 14.7 Å². The van der Waals surface area contributed by atoms with E-state index in [9.17, 15) is 14.4 Å². The van der Waals surface area contributed by atoms with Crippen LogP contribution in [0.15, 0.2) is 23.1 Å². The van der Waals surface area contributed by atoms with Crippen molar-refractivity contribution in [2.45, 2.75) is 59.0 Å². The molecule has 0 spiro atoms. The first-order chi connectivity index (χ1) is 10.8. The monoisotopic (exact) mass is 322 g/mol. The number of carbonyl (C=O) groups is 2. The molecule has 6 nitrogen and oxygen atoms in total. The minimum Gasteiger partial charge on any atom is -0.480 e. The number of carbonyl (C=O) groups excluding carboxylic acids is 1. The SMILES string of the molecule is CCC(C)C(NC(=O)CCCCn1ccc(C)cc1=O)C(=O)O. The molecule has 0 saturated heterocycles. The van der Waals surface area contributed by atoms with Crippen LogP contribution in [-0.4, -0.2) is 27.6 Å². The van der Waals surface area contributed by atoms with Gasteiger partial charge in [-0.2, -0.15) is 0 Å². The molecule has 0 bridgehead atoms. The normalized spacial score (nSPS) is 13.3. The second kappa shape index (κ2) is 9.12. The Morgan fingerprint density at radius 2 is 2.04 bits per heavy atom. The van der Waals surface area contributed by atoms with Crippen LogP contribution in [0, 0.1) is 12.8 Å². The fourth-order valence-corrected chi connectivity index (χ4v) is 2.29. The summed E-state index contributed by atoms with van der Waals surface area (Å²) >= 11 is 0. The molecule has 1 rings (SSSR count). The first kappa shape index (κ1) is 18.9. The number of carboxylic acids is 1. The van der Waals surface area contributed by atoms with Gasteiger partial charge in [-0.05, 0) is 37.3 Å². The van der Waals surface area contributed by atoms with Crippen LogP contribution in [0.4, 0.5) is 0 Å². The fraction of sp³-hybridized carbons (Fsp3) is 0.588. The van der Waals surface area contributed by atoms with Gasteiger partial charge in [0.2, 0.25) is 5.91 Å². The van der Waals surface area contributed by atoms with Gasteiger partial charge in [-0.3, -0.25) is 9.59 Å².